The molecular weight excluding hydrogens is 447 g/mol. The maximum atomic E-state index is 0. The molecule has 0 spiro atoms. The van der Waals surface area contributed by atoms with Gasteiger partial charge in [0.2, 0.25) is 0 Å². The van der Waals surface area contributed by atoms with E-state index in [1.54, 1.807) is 0 Å². The summed E-state index contributed by atoms with van der Waals surface area (Å²) in [7, 11) is 0. The molecule has 0 nitrogen and oxygen atoms in total. The quantitative estimate of drug-likeness (QED) is 0.494. The molecule has 0 atom stereocenters. The predicted octanol–water partition coefficient (Wildman–Crippen LogP) is 1.93. The van der Waals surface area contributed by atoms with Crippen molar-refractivity contribution >= 4 is 91.6 Å². The van der Waals surface area contributed by atoms with Gasteiger partial charge in [-0.05, 0) is 0 Å². The van der Waals surface area contributed by atoms with Crippen LogP contribution in [0, 0.1) is 0 Å². The van der Waals surface area contributed by atoms with Gasteiger partial charge in [0.25, 0.3) is 0 Å². The van der Waals surface area contributed by atoms with Crippen LogP contribution in [0.25, 0.3) is 0 Å². The summed E-state index contributed by atoms with van der Waals surface area (Å²) in [4.78, 5) is 0. The van der Waals surface area contributed by atoms with E-state index < -0.39 is 0 Å². The first-order chi connectivity index (χ1) is 0. The van der Waals surface area contributed by atoms with Crippen molar-refractivity contribution in [1.29, 1.82) is 0 Å². The fraction of sp³-hybridized carbons (Fsp3) is 0. The summed E-state index contributed by atoms with van der Waals surface area (Å²) < 4.78 is 0. The minimum Gasteiger partial charge on any atom is -0.114 e. The van der Waals surface area contributed by atoms with E-state index in [0.717, 1.165) is 0 Å². The summed E-state index contributed by atoms with van der Waals surface area (Å²) in [6, 6.07) is 0. The molecule has 0 aliphatic rings. The van der Waals surface area contributed by atoms with Gasteiger partial charge in [0.15, 0.2) is 0 Å². The van der Waals surface area contributed by atoms with Gasteiger partial charge in [0.1, 0.15) is 0 Å². The predicted molar refractivity (Wildman–Crippen MR) is 47.0 cm³/mol. The maximum absolute atomic E-state index is 0. The monoisotopic (exact) mass is 450 g/mol. The largest absolute Gasteiger partial charge is 2.00 e. The SMILES string of the molecule is Br.Br.Br.Br.[Te+2]. The second kappa shape index (κ2) is 29.8. The van der Waals surface area contributed by atoms with Gasteiger partial charge in [-0.1, -0.05) is 0 Å². The molecule has 0 heterocycles. The molecule has 0 saturated carbocycles. The molecule has 0 saturated heterocycles. The van der Waals surface area contributed by atoms with E-state index in [4.69, 9.17) is 0 Å². The van der Waals surface area contributed by atoms with E-state index in [9.17, 15) is 0 Å². The maximum Gasteiger partial charge on any atom is 2.00 e. The Kier molecular flexibility index (Phi) is 282. The number of rotatable bonds is 0. The molecule has 0 aromatic heterocycles. The molecule has 4 radical (unpaired) electrons. The Morgan fingerprint density at radius 1 is 0.400 bits per heavy atom. The van der Waals surface area contributed by atoms with Crippen LogP contribution >= 0.6 is 67.9 Å². The number of hydrogen-bond acceptors (Lipinski definition) is 0. The van der Waals surface area contributed by atoms with Crippen LogP contribution in [0.4, 0.5) is 0 Å². The van der Waals surface area contributed by atoms with Crippen LogP contribution in [-0.4, -0.2) is 23.7 Å². The first kappa shape index (κ1) is 47.3. The third-order valence-corrected chi connectivity index (χ3v) is 0. The fourth-order valence-electron chi connectivity index (χ4n) is 0. The molecule has 0 amide bonds. The summed E-state index contributed by atoms with van der Waals surface area (Å²) in [5.41, 5.74) is 0. The average molecular weight is 451 g/mol. The molecule has 0 aromatic rings. The normalized spacial score (nSPS) is 0. The summed E-state index contributed by atoms with van der Waals surface area (Å²) in [6.07, 6.45) is 0. The van der Waals surface area contributed by atoms with E-state index in [-0.39, 0.29) is 91.6 Å². The Labute approximate surface area is 90.3 Å². The van der Waals surface area contributed by atoms with Crippen molar-refractivity contribution in [3.05, 3.63) is 0 Å². The van der Waals surface area contributed by atoms with Gasteiger partial charge in [-0.25, -0.2) is 0 Å². The Balaban J connectivity index is 0. The Morgan fingerprint density at radius 3 is 0.400 bits per heavy atom. The summed E-state index contributed by atoms with van der Waals surface area (Å²) in [5.74, 6) is 0. The minimum atomic E-state index is 0. The van der Waals surface area contributed by atoms with Gasteiger partial charge < -0.3 is 0 Å². The van der Waals surface area contributed by atoms with Crippen molar-refractivity contribution in [2.24, 2.45) is 0 Å². The van der Waals surface area contributed by atoms with Gasteiger partial charge in [0, 0.05) is 0 Å². The van der Waals surface area contributed by atoms with E-state index in [1.807, 2.05) is 0 Å². The molecule has 5 heteroatoms. The van der Waals surface area contributed by atoms with Crippen molar-refractivity contribution in [2.45, 2.75) is 0 Å². The second-order valence-corrected chi connectivity index (χ2v) is 0. The van der Waals surface area contributed by atoms with Crippen molar-refractivity contribution in [3.8, 4) is 0 Å². The van der Waals surface area contributed by atoms with Gasteiger partial charge in [-0.15, -0.1) is 67.9 Å². The average Bonchev–Trinajstić information content (AvgIpc) is 0. The van der Waals surface area contributed by atoms with Crippen molar-refractivity contribution in [2.75, 3.05) is 0 Å². The molecule has 0 N–H and O–H groups in total. The molecule has 0 fully saturated rings. The number of hydrogen-bond donors (Lipinski definition) is 0. The topological polar surface area (TPSA) is 0 Å². The Bertz CT molecular complexity index is 3.61. The van der Waals surface area contributed by atoms with Crippen molar-refractivity contribution < 1.29 is 0 Å². The van der Waals surface area contributed by atoms with Crippen LogP contribution in [0.3, 0.4) is 0 Å². The summed E-state index contributed by atoms with van der Waals surface area (Å²) in [5, 5.41) is 0. The fourth-order valence-corrected chi connectivity index (χ4v) is 0. The van der Waals surface area contributed by atoms with Crippen molar-refractivity contribution in [3.63, 3.8) is 0 Å². The van der Waals surface area contributed by atoms with Gasteiger partial charge in [-0.2, -0.15) is 0 Å². The zero-order valence-electron chi connectivity index (χ0n) is 2.04. The number of halogens is 4. The van der Waals surface area contributed by atoms with Crippen LogP contribution < -0.4 is 0 Å². The first-order valence-electron chi connectivity index (χ1n) is 0. The van der Waals surface area contributed by atoms with Crippen LogP contribution in [0.15, 0.2) is 0 Å². The summed E-state index contributed by atoms with van der Waals surface area (Å²) in [6.45, 7) is 0. The molecule has 36 valence electrons. The minimum absolute atomic E-state index is 0. The van der Waals surface area contributed by atoms with Gasteiger partial charge in [0.05, 0.1) is 0 Å². The molecule has 0 rings (SSSR count). The molecule has 0 aliphatic heterocycles. The third kappa shape index (κ3) is 20.3. The second-order valence-electron chi connectivity index (χ2n) is 0. The molecule has 0 aliphatic carbocycles. The smallest absolute Gasteiger partial charge is 0.114 e. The molecule has 0 unspecified atom stereocenters. The van der Waals surface area contributed by atoms with E-state index in [2.05, 4.69) is 0 Å². The third-order valence-electron chi connectivity index (χ3n) is 0. The zero-order valence-corrected chi connectivity index (χ0v) is 11.2. The standard InChI is InChI=1S/4BrH.Te/h4*1H;/q;;;;+2. The van der Waals surface area contributed by atoms with Crippen LogP contribution in [0.5, 0.6) is 0 Å². The zero-order chi connectivity index (χ0) is 0. The van der Waals surface area contributed by atoms with Crippen molar-refractivity contribution in [1.82, 2.24) is 0 Å². The van der Waals surface area contributed by atoms with Crippen LogP contribution in [0.2, 0.25) is 0 Å². The van der Waals surface area contributed by atoms with E-state index in [1.165, 1.54) is 0 Å². The summed E-state index contributed by atoms with van der Waals surface area (Å²) >= 11 is 0. The van der Waals surface area contributed by atoms with Crippen LogP contribution in [-0.2, 0) is 0 Å². The Morgan fingerprint density at radius 2 is 0.400 bits per heavy atom. The first-order valence-corrected chi connectivity index (χ1v) is 0. The van der Waals surface area contributed by atoms with Crippen LogP contribution in [0.1, 0.15) is 0 Å². The molecular formula is H4Br4Te+2. The molecule has 5 heavy (non-hydrogen) atoms. The van der Waals surface area contributed by atoms with Gasteiger partial charge in [-0.3, -0.25) is 0 Å². The van der Waals surface area contributed by atoms with E-state index in [0.29, 0.717) is 0 Å². The molecule has 0 aromatic carbocycles. The Hall–Kier alpha value is 2.71. The van der Waals surface area contributed by atoms with Gasteiger partial charge >= 0.3 is 23.7 Å². The molecule has 0 bridgehead atoms. The van der Waals surface area contributed by atoms with E-state index >= 15 is 0 Å².